The van der Waals surface area contributed by atoms with Crippen LogP contribution in [0.15, 0.2) is 6.33 Å². The van der Waals surface area contributed by atoms with Gasteiger partial charge in [0.25, 0.3) is 0 Å². The molecule has 2 rings (SSSR count). The van der Waals surface area contributed by atoms with Crippen molar-refractivity contribution in [2.24, 2.45) is 0 Å². The first-order valence-electron chi connectivity index (χ1n) is 5.38. The summed E-state index contributed by atoms with van der Waals surface area (Å²) < 4.78 is 5.32. The highest BCUT2D eigenvalue weighted by atomic mass is 32.2. The third-order valence-corrected chi connectivity index (χ3v) is 3.56. The molecule has 0 spiro atoms. The topological polar surface area (TPSA) is 73.1 Å². The van der Waals surface area contributed by atoms with Gasteiger partial charge in [-0.1, -0.05) is 0 Å². The third-order valence-electron chi connectivity index (χ3n) is 2.40. The zero-order valence-electron chi connectivity index (χ0n) is 9.27. The molecule has 2 heterocycles. The Hall–Kier alpha value is -1.17. The Balaban J connectivity index is 2.10. The third kappa shape index (κ3) is 2.49. The second-order valence-corrected chi connectivity index (χ2v) is 4.73. The molecule has 0 radical (unpaired) electrons. The zero-order chi connectivity index (χ0) is 11.4. The zero-order valence-corrected chi connectivity index (χ0v) is 10.1. The maximum atomic E-state index is 5.93. The quantitative estimate of drug-likeness (QED) is 0.828. The molecule has 1 atom stereocenters. The van der Waals surface area contributed by atoms with E-state index in [4.69, 9.17) is 10.5 Å². The smallest absolute Gasteiger partial charge is 0.242 e. The molecule has 3 N–H and O–H groups in total. The summed E-state index contributed by atoms with van der Waals surface area (Å²) in [6.45, 7) is 2.46. The van der Waals surface area contributed by atoms with Crippen LogP contribution in [0.25, 0.3) is 0 Å². The molecular weight excluding hydrogens is 224 g/mol. The number of ether oxygens (including phenoxy) is 1. The fourth-order valence-corrected chi connectivity index (χ4v) is 2.74. The maximum absolute atomic E-state index is 5.93. The molecule has 1 aromatic heterocycles. The van der Waals surface area contributed by atoms with Crippen molar-refractivity contribution in [3.05, 3.63) is 6.33 Å². The van der Waals surface area contributed by atoms with E-state index in [2.05, 4.69) is 15.3 Å². The number of hydrogen-bond donors (Lipinski definition) is 2. The SMILES string of the molecule is CCOc1ncnc(NC2CCSC2)c1N. The number of nitrogens with one attached hydrogen (secondary N) is 1. The van der Waals surface area contributed by atoms with Gasteiger partial charge in [0.1, 0.15) is 12.0 Å². The first-order chi connectivity index (χ1) is 7.81. The van der Waals surface area contributed by atoms with Gasteiger partial charge >= 0.3 is 0 Å². The lowest BCUT2D eigenvalue weighted by molar-refractivity contribution is 0.328. The van der Waals surface area contributed by atoms with Crippen molar-refractivity contribution in [1.29, 1.82) is 0 Å². The van der Waals surface area contributed by atoms with Crippen LogP contribution in [0.3, 0.4) is 0 Å². The molecule has 0 aliphatic carbocycles. The van der Waals surface area contributed by atoms with Crippen molar-refractivity contribution in [2.45, 2.75) is 19.4 Å². The maximum Gasteiger partial charge on any atom is 0.242 e. The van der Waals surface area contributed by atoms with Gasteiger partial charge in [-0.15, -0.1) is 0 Å². The van der Waals surface area contributed by atoms with Gasteiger partial charge in [-0.05, 0) is 19.1 Å². The molecule has 16 heavy (non-hydrogen) atoms. The van der Waals surface area contributed by atoms with E-state index in [-0.39, 0.29) is 0 Å². The van der Waals surface area contributed by atoms with E-state index in [0.29, 0.717) is 30.0 Å². The minimum atomic E-state index is 0.455. The van der Waals surface area contributed by atoms with Crippen molar-refractivity contribution in [2.75, 3.05) is 29.2 Å². The lowest BCUT2D eigenvalue weighted by Crippen LogP contribution is -2.20. The fourth-order valence-electron chi connectivity index (χ4n) is 1.59. The van der Waals surface area contributed by atoms with E-state index in [1.165, 1.54) is 12.1 Å². The molecule has 1 unspecified atom stereocenters. The van der Waals surface area contributed by atoms with E-state index in [1.54, 1.807) is 0 Å². The Bertz CT molecular complexity index is 355. The Morgan fingerprint density at radius 2 is 2.50 bits per heavy atom. The molecule has 1 aromatic rings. The molecule has 88 valence electrons. The van der Waals surface area contributed by atoms with Crippen molar-refractivity contribution in [3.63, 3.8) is 0 Å². The molecule has 6 heteroatoms. The molecular formula is C10H16N4OS. The second kappa shape index (κ2) is 5.25. The molecule has 0 amide bonds. The number of aromatic nitrogens is 2. The fraction of sp³-hybridized carbons (Fsp3) is 0.600. The van der Waals surface area contributed by atoms with Gasteiger partial charge < -0.3 is 15.8 Å². The van der Waals surface area contributed by atoms with E-state index >= 15 is 0 Å². The van der Waals surface area contributed by atoms with Gasteiger partial charge in [0.05, 0.1) is 6.61 Å². The van der Waals surface area contributed by atoms with E-state index in [1.807, 2.05) is 18.7 Å². The van der Waals surface area contributed by atoms with Crippen LogP contribution >= 0.6 is 11.8 Å². The summed E-state index contributed by atoms with van der Waals surface area (Å²) in [5.74, 6) is 3.45. The lowest BCUT2D eigenvalue weighted by Gasteiger charge is -2.14. The molecule has 0 aromatic carbocycles. The van der Waals surface area contributed by atoms with Crippen LogP contribution in [0.2, 0.25) is 0 Å². The minimum absolute atomic E-state index is 0.455. The van der Waals surface area contributed by atoms with Crippen LogP contribution in [0.5, 0.6) is 5.88 Å². The van der Waals surface area contributed by atoms with Crippen molar-refractivity contribution >= 4 is 23.3 Å². The van der Waals surface area contributed by atoms with Crippen molar-refractivity contribution in [1.82, 2.24) is 9.97 Å². The summed E-state index contributed by atoms with van der Waals surface area (Å²) in [5.41, 5.74) is 6.43. The summed E-state index contributed by atoms with van der Waals surface area (Å²) in [4.78, 5) is 8.15. The van der Waals surface area contributed by atoms with Crippen molar-refractivity contribution < 1.29 is 4.74 Å². The summed E-state index contributed by atoms with van der Waals surface area (Å²) in [6.07, 6.45) is 2.63. The van der Waals surface area contributed by atoms with Crippen LogP contribution in [0.4, 0.5) is 11.5 Å². The van der Waals surface area contributed by atoms with Crippen molar-refractivity contribution in [3.8, 4) is 5.88 Å². The number of hydrogen-bond acceptors (Lipinski definition) is 6. The average molecular weight is 240 g/mol. The predicted octanol–water partition coefficient (Wildman–Crippen LogP) is 1.37. The highest BCUT2D eigenvalue weighted by Gasteiger charge is 2.18. The molecule has 1 fully saturated rings. The summed E-state index contributed by atoms with van der Waals surface area (Å²) >= 11 is 1.94. The molecule has 5 nitrogen and oxygen atoms in total. The normalized spacial score (nSPS) is 19.7. The number of rotatable bonds is 4. The van der Waals surface area contributed by atoms with Crippen LogP contribution in [-0.4, -0.2) is 34.1 Å². The van der Waals surface area contributed by atoms with Crippen LogP contribution in [-0.2, 0) is 0 Å². The van der Waals surface area contributed by atoms with E-state index in [9.17, 15) is 0 Å². The molecule has 1 saturated heterocycles. The van der Waals surface area contributed by atoms with Crippen LogP contribution in [0.1, 0.15) is 13.3 Å². The number of nitrogens with zero attached hydrogens (tertiary/aromatic N) is 2. The number of thioether (sulfide) groups is 1. The monoisotopic (exact) mass is 240 g/mol. The van der Waals surface area contributed by atoms with Gasteiger partial charge in [-0.2, -0.15) is 16.7 Å². The highest BCUT2D eigenvalue weighted by Crippen LogP contribution is 2.27. The van der Waals surface area contributed by atoms with Gasteiger partial charge in [0.15, 0.2) is 5.82 Å². The largest absolute Gasteiger partial charge is 0.476 e. The number of nitrogens with two attached hydrogens (primary N) is 1. The number of nitrogen functional groups attached to an aromatic ring is 1. The van der Waals surface area contributed by atoms with Gasteiger partial charge in [0.2, 0.25) is 5.88 Å². The first kappa shape index (κ1) is 11.3. The number of anilines is 2. The Morgan fingerprint density at radius 3 is 3.19 bits per heavy atom. The van der Waals surface area contributed by atoms with E-state index < -0.39 is 0 Å². The summed E-state index contributed by atoms with van der Waals surface area (Å²) in [7, 11) is 0. The lowest BCUT2D eigenvalue weighted by atomic mass is 10.2. The predicted molar refractivity (Wildman–Crippen MR) is 67.0 cm³/mol. The summed E-state index contributed by atoms with van der Waals surface area (Å²) in [5, 5.41) is 3.33. The molecule has 0 bridgehead atoms. The van der Waals surface area contributed by atoms with Gasteiger partial charge in [-0.3, -0.25) is 0 Å². The van der Waals surface area contributed by atoms with E-state index in [0.717, 1.165) is 12.2 Å². The molecule has 1 aliphatic heterocycles. The molecule has 1 aliphatic rings. The van der Waals surface area contributed by atoms with Crippen LogP contribution < -0.4 is 15.8 Å². The van der Waals surface area contributed by atoms with Gasteiger partial charge in [-0.25, -0.2) is 4.98 Å². The Labute approximate surface area is 99.2 Å². The standard InChI is InChI=1S/C10H16N4OS/c1-2-15-10-8(11)9(12-6-13-10)14-7-3-4-16-5-7/h6-7H,2-5,11H2,1H3,(H,12,13,14). The first-order valence-corrected chi connectivity index (χ1v) is 6.54. The highest BCUT2D eigenvalue weighted by molar-refractivity contribution is 7.99. The van der Waals surface area contributed by atoms with Gasteiger partial charge in [0, 0.05) is 11.8 Å². The minimum Gasteiger partial charge on any atom is -0.476 e. The molecule has 0 saturated carbocycles. The second-order valence-electron chi connectivity index (χ2n) is 3.58. The summed E-state index contributed by atoms with van der Waals surface area (Å²) in [6, 6.07) is 0.455. The average Bonchev–Trinajstić information content (AvgIpc) is 2.77. The Kier molecular flexibility index (Phi) is 3.71. The Morgan fingerprint density at radius 1 is 1.62 bits per heavy atom. The van der Waals surface area contributed by atoms with Crippen LogP contribution in [0, 0.1) is 0 Å².